The summed E-state index contributed by atoms with van der Waals surface area (Å²) in [4.78, 5) is 53.6. The van der Waals surface area contributed by atoms with Crippen LogP contribution in [0.1, 0.15) is 91.1 Å². The van der Waals surface area contributed by atoms with Gasteiger partial charge in [0.15, 0.2) is 11.4 Å². The van der Waals surface area contributed by atoms with Crippen molar-refractivity contribution < 1.29 is 53.8 Å². The molecule has 1 amide bonds. The highest BCUT2D eigenvalue weighted by Crippen LogP contribution is 2.50. The van der Waals surface area contributed by atoms with Crippen LogP contribution in [0, 0.1) is 36.5 Å². The van der Waals surface area contributed by atoms with Crippen LogP contribution in [0.15, 0.2) is 46.1 Å². The molecule has 4 aliphatic rings. The topological polar surface area (TPSA) is 209 Å². The minimum Gasteiger partial charge on any atom is -0.507 e. The summed E-state index contributed by atoms with van der Waals surface area (Å²) >= 11 is 0. The lowest BCUT2D eigenvalue weighted by Crippen LogP contribution is -2.46. The molecule has 6 rings (SSSR count). The summed E-state index contributed by atoms with van der Waals surface area (Å²) in [6.07, 6.45) is 5.03. The van der Waals surface area contributed by atoms with Gasteiger partial charge < -0.3 is 49.6 Å². The van der Waals surface area contributed by atoms with Crippen LogP contribution in [0.5, 0.6) is 17.2 Å². The van der Waals surface area contributed by atoms with Gasteiger partial charge in [-0.05, 0) is 25.8 Å². The summed E-state index contributed by atoms with van der Waals surface area (Å²) in [5, 5.41) is 50.4. The number of fused-ring (bicyclic) bond motifs is 1. The number of rotatable bonds is 4. The molecule has 15 nitrogen and oxygen atoms in total. The molecule has 0 saturated carbocycles. The number of hydrogen-bond acceptors (Lipinski definition) is 14. The first-order valence-electron chi connectivity index (χ1n) is 21.2. The molecule has 61 heavy (non-hydrogen) atoms. The molecule has 332 valence electrons. The van der Waals surface area contributed by atoms with Gasteiger partial charge in [0.25, 0.3) is 11.7 Å². The number of benzene rings is 2. The number of Topliss-reactive ketones (excluding diaryl/α,β-unsaturated/α-hetero) is 1. The number of piperidine rings is 1. The average molecular weight is 847 g/mol. The second-order valence-corrected chi connectivity index (χ2v) is 18.0. The molecule has 0 unspecified atom stereocenters. The first kappa shape index (κ1) is 45.7. The molecule has 4 aliphatic heterocycles. The number of phenols is 2. The van der Waals surface area contributed by atoms with Gasteiger partial charge >= 0.3 is 11.8 Å². The Hall–Kier alpha value is -4.83. The monoisotopic (exact) mass is 846 g/mol. The van der Waals surface area contributed by atoms with Crippen LogP contribution in [0.4, 0.5) is 5.69 Å². The van der Waals surface area contributed by atoms with Gasteiger partial charge in [-0.1, -0.05) is 59.8 Å². The van der Waals surface area contributed by atoms with E-state index in [-0.39, 0.29) is 55.4 Å². The number of amides is 1. The summed E-state index contributed by atoms with van der Waals surface area (Å²) in [7, 11) is 1.46. The number of aliphatic hydroxyl groups is 2. The standard InChI is InChI=1S/C46H62N4O11/c1-22(2)21-50-18-16-46(17-19-50)48-34-31-32-39(54)28(8)42-33(31)43(56)45(10,61-42)59-20-15-30(58-11)25(5)38(53)27(7)41(60-29(9)51)26(6)37(52)23(3)13-12-14-24(4)44(57)47-36(40(32)55)35(34)49-46/h12-15,20,22-23,25-27,30,37-38,41,52-55H,16-19,21H2,1-11H3,(H,47,57)/b13-12-,20-15?,24-14-/t23-,25+,26+,27-,30-,37-,38+,41+,45-/m0/s1. The second-order valence-electron chi connectivity index (χ2n) is 18.0. The molecule has 0 radical (unpaired) electrons. The van der Waals surface area contributed by atoms with Crippen molar-refractivity contribution in [3.8, 4) is 17.2 Å². The lowest BCUT2D eigenvalue weighted by atomic mass is 9.78. The van der Waals surface area contributed by atoms with E-state index in [0.29, 0.717) is 31.8 Å². The molecule has 4 heterocycles. The molecule has 9 atom stereocenters. The van der Waals surface area contributed by atoms with Gasteiger partial charge in [-0.25, -0.2) is 0 Å². The van der Waals surface area contributed by atoms with Crippen molar-refractivity contribution >= 4 is 34.1 Å². The van der Waals surface area contributed by atoms with Crippen LogP contribution < -0.4 is 20.8 Å². The Morgan fingerprint density at radius 1 is 0.967 bits per heavy atom. The maximum Gasteiger partial charge on any atom is 0.312 e. The maximum absolute atomic E-state index is 14.7. The number of likely N-dealkylation sites (tertiary alicyclic amines) is 1. The van der Waals surface area contributed by atoms with Crippen LogP contribution >= 0.6 is 0 Å². The Morgan fingerprint density at radius 2 is 1.61 bits per heavy atom. The number of carbonyl (C=O) groups excluding carboxylic acids is 3. The van der Waals surface area contributed by atoms with E-state index in [2.05, 4.69) is 24.1 Å². The average Bonchev–Trinajstić information content (AvgIpc) is 3.71. The summed E-state index contributed by atoms with van der Waals surface area (Å²) in [5.41, 5.74) is -0.571. The smallest absolute Gasteiger partial charge is 0.312 e. The molecule has 2 aromatic carbocycles. The molecule has 0 aliphatic carbocycles. The molecule has 4 bridgehead atoms. The van der Waals surface area contributed by atoms with Crippen LogP contribution in [-0.2, 0) is 23.8 Å². The van der Waals surface area contributed by atoms with Gasteiger partial charge in [0.1, 0.15) is 28.6 Å². The number of aliphatic hydroxyl groups excluding tert-OH is 2. The van der Waals surface area contributed by atoms with Crippen molar-refractivity contribution in [2.45, 2.75) is 118 Å². The number of aromatic hydroxyl groups is 2. The van der Waals surface area contributed by atoms with Gasteiger partial charge in [0.05, 0.1) is 40.9 Å². The molecule has 1 spiro atoms. The van der Waals surface area contributed by atoms with Crippen molar-refractivity contribution in [2.75, 3.05) is 32.1 Å². The second kappa shape index (κ2) is 17.5. The fourth-order valence-corrected chi connectivity index (χ4v) is 9.20. The number of esters is 1. The van der Waals surface area contributed by atoms with Crippen molar-refractivity contribution in [1.82, 2.24) is 4.90 Å². The van der Waals surface area contributed by atoms with E-state index in [0.717, 1.165) is 6.54 Å². The Labute approximate surface area is 356 Å². The summed E-state index contributed by atoms with van der Waals surface area (Å²) in [6, 6.07) is 0. The number of phenolic OH excluding ortho intramolecular Hbond substituents is 2. The summed E-state index contributed by atoms with van der Waals surface area (Å²) < 4.78 is 23.8. The number of nitrogens with one attached hydrogen (secondary N) is 1. The molecule has 5 N–H and O–H groups in total. The van der Waals surface area contributed by atoms with Crippen LogP contribution in [0.3, 0.4) is 0 Å². The zero-order chi connectivity index (χ0) is 44.9. The highest BCUT2D eigenvalue weighted by Gasteiger charge is 2.50. The van der Waals surface area contributed by atoms with Crippen LogP contribution in [0.2, 0.25) is 0 Å². The number of carbonyl (C=O) groups is 3. The maximum atomic E-state index is 14.7. The number of methoxy groups -OCH3 is 1. The lowest BCUT2D eigenvalue weighted by Gasteiger charge is -2.38. The van der Waals surface area contributed by atoms with Crippen LogP contribution in [0.25, 0.3) is 10.8 Å². The molecule has 2 aromatic rings. The number of nitrogens with zero attached hydrogens (tertiary/aromatic N) is 3. The third-order valence-corrected chi connectivity index (χ3v) is 12.9. The first-order chi connectivity index (χ1) is 28.6. The normalized spacial score (nSPS) is 32.1. The largest absolute Gasteiger partial charge is 0.507 e. The van der Waals surface area contributed by atoms with E-state index in [4.69, 9.17) is 28.9 Å². The molecule has 1 saturated heterocycles. The third-order valence-electron chi connectivity index (χ3n) is 12.9. The Morgan fingerprint density at radius 3 is 2.23 bits per heavy atom. The molecule has 1 fully saturated rings. The van der Waals surface area contributed by atoms with Crippen molar-refractivity contribution in [3.05, 3.63) is 58.0 Å². The zero-order valence-electron chi connectivity index (χ0n) is 37.1. The molecule has 15 heteroatoms. The lowest BCUT2D eigenvalue weighted by molar-refractivity contribution is -0.161. The number of ketones is 1. The zero-order valence-corrected chi connectivity index (χ0v) is 37.1. The van der Waals surface area contributed by atoms with E-state index in [1.807, 2.05) is 0 Å². The highest BCUT2D eigenvalue weighted by molar-refractivity contribution is 6.19. The number of hydrogen-bond donors (Lipinski definition) is 5. The SMILES string of the molecule is CO[C@H]1C=CO[C@@]2(C)Oc3c(C)c(O)c4c(O)c(c5c(c4c3C2=O)=NC2(CCN(CC(C)C)CC2)N=5)NC(=O)/C(C)=C\C=C/[C@H](C)[C@H](O)[C@@H](C)[C@@H](OC(C)=O)[C@@H](C)[C@H](O)[C@@H]1C. The van der Waals surface area contributed by atoms with Gasteiger partial charge in [-0.3, -0.25) is 24.4 Å². The van der Waals surface area contributed by atoms with E-state index in [1.165, 1.54) is 33.3 Å². The molecular weight excluding hydrogens is 785 g/mol. The predicted molar refractivity (Wildman–Crippen MR) is 228 cm³/mol. The Kier molecular flexibility index (Phi) is 13.1. The summed E-state index contributed by atoms with van der Waals surface area (Å²) in [5.74, 6) is -6.44. The minimum absolute atomic E-state index is 0.0392. The molecular formula is C46H62N4O11. The van der Waals surface area contributed by atoms with Crippen LogP contribution in [-0.4, -0.2) is 106 Å². The van der Waals surface area contributed by atoms with Gasteiger partial charge in [-0.2, -0.15) is 0 Å². The van der Waals surface area contributed by atoms with Crippen molar-refractivity contribution in [1.29, 1.82) is 0 Å². The number of ether oxygens (including phenoxy) is 4. The van der Waals surface area contributed by atoms with Gasteiger partial charge in [0, 0.05) is 93.6 Å². The Balaban J connectivity index is 1.53. The first-order valence-corrected chi connectivity index (χ1v) is 21.2. The van der Waals surface area contributed by atoms with E-state index < -0.39 is 82.9 Å². The fraction of sp³-hybridized carbons (Fsp3) is 0.587. The molecule has 0 aromatic heterocycles. The van der Waals surface area contributed by atoms with E-state index >= 15 is 0 Å². The van der Waals surface area contributed by atoms with Gasteiger partial charge in [-0.15, -0.1) is 0 Å². The predicted octanol–water partition coefficient (Wildman–Crippen LogP) is 4.75. The quantitative estimate of drug-likeness (QED) is 0.209. The van der Waals surface area contributed by atoms with Crippen molar-refractivity contribution in [3.63, 3.8) is 0 Å². The summed E-state index contributed by atoms with van der Waals surface area (Å²) in [6.45, 7) is 19.5. The fourth-order valence-electron chi connectivity index (χ4n) is 9.20. The van der Waals surface area contributed by atoms with E-state index in [9.17, 15) is 34.8 Å². The Bertz CT molecular complexity index is 2300. The van der Waals surface area contributed by atoms with Gasteiger partial charge in [0.2, 0.25) is 0 Å². The van der Waals surface area contributed by atoms with E-state index in [1.54, 1.807) is 59.8 Å². The third kappa shape index (κ3) is 8.54. The minimum atomic E-state index is -1.95. The number of anilines is 1. The highest BCUT2D eigenvalue weighted by atomic mass is 16.7. The van der Waals surface area contributed by atoms with Crippen molar-refractivity contribution in [2.24, 2.45) is 39.6 Å². The number of allylic oxidation sites excluding steroid dienone is 2.